The standard InChI is InChI=1S/C11H14O3S/c1-13-9-5-8(3-4-11(12)15)6-10(7-9)14-2/h5-7H,3-4H2,1-2H3,(H,12,15). The van der Waals surface area contributed by atoms with E-state index in [4.69, 9.17) is 14.6 Å². The van der Waals surface area contributed by atoms with Crippen molar-refractivity contribution in [1.82, 2.24) is 0 Å². The van der Waals surface area contributed by atoms with Crippen molar-refractivity contribution in [2.75, 3.05) is 14.2 Å². The Labute approximate surface area is 94.6 Å². The molecule has 0 fully saturated rings. The Kier molecular flexibility index (Phi) is 4.37. The van der Waals surface area contributed by atoms with Gasteiger partial charge in [0, 0.05) is 12.5 Å². The maximum absolute atomic E-state index is 8.94. The Balaban J connectivity index is 2.81. The van der Waals surface area contributed by atoms with E-state index in [2.05, 4.69) is 12.2 Å². The van der Waals surface area contributed by atoms with E-state index < -0.39 is 0 Å². The van der Waals surface area contributed by atoms with Gasteiger partial charge in [0.25, 0.3) is 0 Å². The fourth-order valence-electron chi connectivity index (χ4n) is 1.26. The molecule has 1 rings (SSSR count). The highest BCUT2D eigenvalue weighted by molar-refractivity contribution is 7.80. The lowest BCUT2D eigenvalue weighted by Crippen LogP contribution is -1.96. The van der Waals surface area contributed by atoms with Crippen LogP contribution in [0.1, 0.15) is 12.0 Å². The quantitative estimate of drug-likeness (QED) is 0.783. The van der Waals surface area contributed by atoms with Crippen LogP contribution in [-0.4, -0.2) is 24.4 Å². The molecular weight excluding hydrogens is 212 g/mol. The molecular formula is C11H14O3S. The molecule has 0 unspecified atom stereocenters. The van der Waals surface area contributed by atoms with E-state index in [9.17, 15) is 0 Å². The van der Waals surface area contributed by atoms with Crippen LogP contribution in [0.2, 0.25) is 0 Å². The van der Waals surface area contributed by atoms with E-state index in [0.29, 0.717) is 12.8 Å². The van der Waals surface area contributed by atoms with Gasteiger partial charge in [-0.3, -0.25) is 0 Å². The molecule has 3 nitrogen and oxygen atoms in total. The number of methoxy groups -OCH3 is 2. The average molecular weight is 226 g/mol. The fourth-order valence-corrected chi connectivity index (χ4v) is 1.36. The van der Waals surface area contributed by atoms with E-state index in [1.165, 1.54) is 0 Å². The Morgan fingerprint density at radius 2 is 1.73 bits per heavy atom. The second-order valence-electron chi connectivity index (χ2n) is 3.11. The molecule has 0 saturated heterocycles. The first-order valence-corrected chi connectivity index (χ1v) is 5.00. The van der Waals surface area contributed by atoms with Crippen LogP contribution < -0.4 is 9.47 Å². The van der Waals surface area contributed by atoms with Gasteiger partial charge in [0.1, 0.15) is 11.5 Å². The summed E-state index contributed by atoms with van der Waals surface area (Å²) in [5, 5.41) is 8.96. The largest absolute Gasteiger partial charge is 0.502 e. The van der Waals surface area contributed by atoms with Crippen LogP contribution in [-0.2, 0) is 6.42 Å². The van der Waals surface area contributed by atoms with Crippen molar-refractivity contribution >= 4 is 17.3 Å². The Morgan fingerprint density at radius 3 is 2.13 bits per heavy atom. The predicted octanol–water partition coefficient (Wildman–Crippen LogP) is 2.52. The highest BCUT2D eigenvalue weighted by Crippen LogP contribution is 2.23. The van der Waals surface area contributed by atoms with Gasteiger partial charge < -0.3 is 14.6 Å². The van der Waals surface area contributed by atoms with Gasteiger partial charge in [-0.1, -0.05) is 0 Å². The van der Waals surface area contributed by atoms with E-state index in [1.807, 2.05) is 12.1 Å². The summed E-state index contributed by atoms with van der Waals surface area (Å²) in [4.78, 5) is 0. The molecule has 0 aliphatic rings. The molecule has 4 heteroatoms. The first-order valence-electron chi connectivity index (χ1n) is 4.59. The average Bonchev–Trinajstić information content (AvgIpc) is 2.25. The van der Waals surface area contributed by atoms with Gasteiger partial charge in [-0.2, -0.15) is 0 Å². The zero-order chi connectivity index (χ0) is 11.3. The van der Waals surface area contributed by atoms with Crippen LogP contribution >= 0.6 is 12.2 Å². The van der Waals surface area contributed by atoms with E-state index >= 15 is 0 Å². The zero-order valence-corrected chi connectivity index (χ0v) is 9.63. The Hall–Kier alpha value is -1.29. The number of hydrogen-bond donors (Lipinski definition) is 1. The third kappa shape index (κ3) is 3.75. The molecule has 0 bridgehead atoms. The minimum atomic E-state index is 0.0248. The van der Waals surface area contributed by atoms with E-state index in [-0.39, 0.29) is 5.05 Å². The summed E-state index contributed by atoms with van der Waals surface area (Å²) in [6.45, 7) is 0. The number of ether oxygens (including phenoxy) is 2. The Morgan fingerprint density at radius 1 is 1.20 bits per heavy atom. The molecule has 1 N–H and O–H groups in total. The SMILES string of the molecule is COc1cc(CCC(O)=S)cc(OC)c1. The summed E-state index contributed by atoms with van der Waals surface area (Å²) in [6, 6.07) is 5.61. The molecule has 0 amide bonds. The monoisotopic (exact) mass is 226 g/mol. The molecule has 0 aromatic heterocycles. The van der Waals surface area contributed by atoms with Gasteiger partial charge in [0.05, 0.1) is 14.2 Å². The lowest BCUT2D eigenvalue weighted by molar-refractivity contribution is 0.393. The number of aryl methyl sites for hydroxylation is 1. The molecule has 15 heavy (non-hydrogen) atoms. The predicted molar refractivity (Wildman–Crippen MR) is 63.1 cm³/mol. The van der Waals surface area contributed by atoms with Crippen LogP contribution in [0.3, 0.4) is 0 Å². The lowest BCUT2D eigenvalue weighted by Gasteiger charge is -2.07. The van der Waals surface area contributed by atoms with Crippen LogP contribution in [0.25, 0.3) is 0 Å². The van der Waals surface area contributed by atoms with Crippen molar-refractivity contribution in [2.45, 2.75) is 12.8 Å². The number of rotatable bonds is 5. The topological polar surface area (TPSA) is 38.7 Å². The third-order valence-electron chi connectivity index (χ3n) is 2.04. The van der Waals surface area contributed by atoms with Gasteiger partial charge in [0.15, 0.2) is 5.05 Å². The van der Waals surface area contributed by atoms with Crippen molar-refractivity contribution in [3.63, 3.8) is 0 Å². The van der Waals surface area contributed by atoms with Gasteiger partial charge >= 0.3 is 0 Å². The second kappa shape index (κ2) is 5.56. The minimum absolute atomic E-state index is 0.0248. The van der Waals surface area contributed by atoms with Crippen molar-refractivity contribution < 1.29 is 14.6 Å². The van der Waals surface area contributed by atoms with Crippen molar-refractivity contribution in [3.8, 4) is 11.5 Å². The summed E-state index contributed by atoms with van der Waals surface area (Å²) >= 11 is 4.61. The first-order chi connectivity index (χ1) is 7.15. The smallest absolute Gasteiger partial charge is 0.156 e. The zero-order valence-electron chi connectivity index (χ0n) is 8.82. The van der Waals surface area contributed by atoms with Gasteiger partial charge in [-0.05, 0) is 36.3 Å². The van der Waals surface area contributed by atoms with Crippen LogP contribution in [0, 0.1) is 0 Å². The van der Waals surface area contributed by atoms with Crippen molar-refractivity contribution in [3.05, 3.63) is 23.8 Å². The van der Waals surface area contributed by atoms with Gasteiger partial charge in [-0.15, -0.1) is 0 Å². The van der Waals surface area contributed by atoms with E-state index in [1.54, 1.807) is 20.3 Å². The summed E-state index contributed by atoms with van der Waals surface area (Å²) in [6.07, 6.45) is 1.16. The molecule has 1 aromatic rings. The van der Waals surface area contributed by atoms with Crippen molar-refractivity contribution in [2.24, 2.45) is 0 Å². The van der Waals surface area contributed by atoms with Crippen LogP contribution in [0.4, 0.5) is 0 Å². The summed E-state index contributed by atoms with van der Waals surface area (Å²) in [5.41, 5.74) is 1.03. The minimum Gasteiger partial charge on any atom is -0.502 e. The molecule has 82 valence electrons. The second-order valence-corrected chi connectivity index (χ2v) is 3.59. The third-order valence-corrected chi connectivity index (χ3v) is 2.24. The molecule has 0 aliphatic carbocycles. The maximum Gasteiger partial charge on any atom is 0.156 e. The summed E-state index contributed by atoms with van der Waals surface area (Å²) in [5.74, 6) is 1.49. The number of hydrogen-bond acceptors (Lipinski definition) is 3. The number of aliphatic hydroxyl groups excluding tert-OH is 1. The highest BCUT2D eigenvalue weighted by Gasteiger charge is 2.02. The summed E-state index contributed by atoms with van der Waals surface area (Å²) < 4.78 is 10.3. The lowest BCUT2D eigenvalue weighted by atomic mass is 10.1. The molecule has 0 aliphatic heterocycles. The van der Waals surface area contributed by atoms with E-state index in [0.717, 1.165) is 17.1 Å². The Bertz CT molecular complexity index is 327. The molecule has 0 heterocycles. The molecule has 0 atom stereocenters. The van der Waals surface area contributed by atoms with Crippen LogP contribution in [0.15, 0.2) is 18.2 Å². The summed E-state index contributed by atoms with van der Waals surface area (Å²) in [7, 11) is 3.21. The van der Waals surface area contributed by atoms with Gasteiger partial charge in [-0.25, -0.2) is 0 Å². The fraction of sp³-hybridized carbons (Fsp3) is 0.364. The number of thiocarbonyl (C=S) groups is 1. The van der Waals surface area contributed by atoms with Crippen LogP contribution in [0.5, 0.6) is 11.5 Å². The molecule has 0 saturated carbocycles. The maximum atomic E-state index is 8.94. The molecule has 1 aromatic carbocycles. The number of aliphatic hydroxyl groups is 1. The van der Waals surface area contributed by atoms with Crippen molar-refractivity contribution in [1.29, 1.82) is 0 Å². The number of benzene rings is 1. The molecule has 0 radical (unpaired) electrons. The molecule has 0 spiro atoms. The normalized spacial score (nSPS) is 9.73. The van der Waals surface area contributed by atoms with Gasteiger partial charge in [0.2, 0.25) is 0 Å². The first kappa shape index (κ1) is 11.8. The highest BCUT2D eigenvalue weighted by atomic mass is 32.1.